The van der Waals surface area contributed by atoms with Gasteiger partial charge in [0.05, 0.1) is 17.7 Å². The van der Waals surface area contributed by atoms with Gasteiger partial charge in [-0.15, -0.1) is 0 Å². The normalized spacial score (nSPS) is 15.3. The summed E-state index contributed by atoms with van der Waals surface area (Å²) in [6.45, 7) is 5.29. The van der Waals surface area contributed by atoms with E-state index in [1.165, 1.54) is 25.8 Å². The molecule has 1 aliphatic heterocycles. The van der Waals surface area contributed by atoms with E-state index in [1.807, 2.05) is 32.0 Å². The van der Waals surface area contributed by atoms with Crippen LogP contribution in [0.3, 0.4) is 0 Å². The molecule has 3 rings (SSSR count). The van der Waals surface area contributed by atoms with Crippen LogP contribution in [0.15, 0.2) is 41.3 Å². The third kappa shape index (κ3) is 4.10. The zero-order valence-corrected chi connectivity index (χ0v) is 17.6. The highest BCUT2D eigenvalue weighted by Gasteiger charge is 2.34. The Kier molecular flexibility index (Phi) is 5.86. The lowest BCUT2D eigenvalue weighted by molar-refractivity contribution is -0.132. The highest BCUT2D eigenvalue weighted by Crippen LogP contribution is 2.38. The van der Waals surface area contributed by atoms with Crippen LogP contribution in [0, 0.1) is 13.8 Å². The third-order valence-electron chi connectivity index (χ3n) is 4.13. The summed E-state index contributed by atoms with van der Waals surface area (Å²) in [6.07, 6.45) is 1.75. The summed E-state index contributed by atoms with van der Waals surface area (Å²) in [5, 5.41) is 0. The fourth-order valence-corrected chi connectivity index (χ4v) is 4.18. The molecule has 2 aromatic rings. The molecule has 0 saturated carbocycles. The standard InChI is InChI=1S/C21H19NO4S2/c1-12-5-7-16(13(2)9-12)22-20(24)19(28-21(22)27)11-15-6-8-17(26-14(3)23)18(10-15)25-4/h5-11H,1-4H3/b19-11+. The summed E-state index contributed by atoms with van der Waals surface area (Å²) in [6, 6.07) is 11.0. The van der Waals surface area contributed by atoms with Gasteiger partial charge < -0.3 is 9.47 Å². The number of benzene rings is 2. The van der Waals surface area contributed by atoms with Gasteiger partial charge in [-0.2, -0.15) is 0 Å². The van der Waals surface area contributed by atoms with Crippen molar-refractivity contribution in [3.05, 3.63) is 58.0 Å². The number of aryl methyl sites for hydroxylation is 2. The van der Waals surface area contributed by atoms with Gasteiger partial charge in [-0.25, -0.2) is 0 Å². The van der Waals surface area contributed by atoms with Crippen LogP contribution in [0.25, 0.3) is 6.08 Å². The molecule has 144 valence electrons. The first-order valence-corrected chi connectivity index (χ1v) is 9.74. The molecular weight excluding hydrogens is 394 g/mol. The summed E-state index contributed by atoms with van der Waals surface area (Å²) in [4.78, 5) is 26.2. The quantitative estimate of drug-likeness (QED) is 0.315. The molecule has 0 aromatic heterocycles. The fraction of sp³-hybridized carbons (Fsp3) is 0.190. The topological polar surface area (TPSA) is 55.8 Å². The van der Waals surface area contributed by atoms with Crippen molar-refractivity contribution in [2.75, 3.05) is 12.0 Å². The number of rotatable bonds is 4. The number of hydrogen-bond acceptors (Lipinski definition) is 6. The zero-order valence-electron chi connectivity index (χ0n) is 15.9. The first kappa shape index (κ1) is 20.1. The Labute approximate surface area is 173 Å². The molecule has 0 spiro atoms. The Morgan fingerprint density at radius 1 is 1.14 bits per heavy atom. The molecule has 1 fully saturated rings. The summed E-state index contributed by atoms with van der Waals surface area (Å²) >= 11 is 6.70. The number of thiocarbonyl (C=S) groups is 1. The minimum Gasteiger partial charge on any atom is -0.493 e. The monoisotopic (exact) mass is 413 g/mol. The van der Waals surface area contributed by atoms with Crippen LogP contribution < -0.4 is 14.4 Å². The Morgan fingerprint density at radius 2 is 1.89 bits per heavy atom. The zero-order chi connectivity index (χ0) is 20.4. The smallest absolute Gasteiger partial charge is 0.308 e. The number of amides is 1. The van der Waals surface area contributed by atoms with Crippen LogP contribution in [0.2, 0.25) is 0 Å². The van der Waals surface area contributed by atoms with Crippen LogP contribution in [-0.2, 0) is 9.59 Å². The molecule has 1 saturated heterocycles. The number of ether oxygens (including phenoxy) is 2. The molecule has 1 amide bonds. The minimum atomic E-state index is -0.430. The van der Waals surface area contributed by atoms with Gasteiger partial charge in [-0.3, -0.25) is 14.5 Å². The van der Waals surface area contributed by atoms with Crippen molar-refractivity contribution >= 4 is 51.9 Å². The molecule has 0 bridgehead atoms. The summed E-state index contributed by atoms with van der Waals surface area (Å²) in [7, 11) is 1.49. The van der Waals surface area contributed by atoms with Gasteiger partial charge in [0.2, 0.25) is 0 Å². The minimum absolute atomic E-state index is 0.162. The molecule has 1 heterocycles. The maximum atomic E-state index is 13.0. The number of methoxy groups -OCH3 is 1. The van der Waals surface area contributed by atoms with Gasteiger partial charge in [-0.05, 0) is 49.2 Å². The first-order chi connectivity index (χ1) is 13.3. The predicted molar refractivity (Wildman–Crippen MR) is 116 cm³/mol. The van der Waals surface area contributed by atoms with E-state index in [2.05, 4.69) is 0 Å². The second kappa shape index (κ2) is 8.16. The van der Waals surface area contributed by atoms with Gasteiger partial charge in [-0.1, -0.05) is 47.7 Å². The maximum Gasteiger partial charge on any atom is 0.308 e. The lowest BCUT2D eigenvalue weighted by Gasteiger charge is -2.17. The van der Waals surface area contributed by atoms with Crippen molar-refractivity contribution in [2.45, 2.75) is 20.8 Å². The van der Waals surface area contributed by atoms with Gasteiger partial charge in [0.25, 0.3) is 5.91 Å². The highest BCUT2D eigenvalue weighted by molar-refractivity contribution is 8.27. The lowest BCUT2D eigenvalue weighted by atomic mass is 10.1. The van der Waals surface area contributed by atoms with Crippen molar-refractivity contribution < 1.29 is 19.1 Å². The third-order valence-corrected chi connectivity index (χ3v) is 5.43. The van der Waals surface area contributed by atoms with Crippen LogP contribution in [-0.4, -0.2) is 23.3 Å². The summed E-state index contributed by atoms with van der Waals surface area (Å²) in [5.74, 6) is 0.147. The molecule has 0 atom stereocenters. The number of nitrogens with zero attached hydrogens (tertiary/aromatic N) is 1. The average molecular weight is 414 g/mol. The average Bonchev–Trinajstić information content (AvgIpc) is 2.90. The Bertz CT molecular complexity index is 1010. The van der Waals surface area contributed by atoms with E-state index in [0.29, 0.717) is 20.7 Å². The van der Waals surface area contributed by atoms with Crippen molar-refractivity contribution in [1.29, 1.82) is 0 Å². The second-order valence-electron chi connectivity index (χ2n) is 6.31. The van der Waals surface area contributed by atoms with E-state index in [-0.39, 0.29) is 5.91 Å². The number of hydrogen-bond donors (Lipinski definition) is 0. The Morgan fingerprint density at radius 3 is 2.54 bits per heavy atom. The van der Waals surface area contributed by atoms with E-state index >= 15 is 0 Å². The van der Waals surface area contributed by atoms with E-state index in [1.54, 1.807) is 29.2 Å². The molecule has 28 heavy (non-hydrogen) atoms. The largest absolute Gasteiger partial charge is 0.493 e. The molecule has 0 N–H and O–H groups in total. The number of carbonyl (C=O) groups is 2. The highest BCUT2D eigenvalue weighted by atomic mass is 32.2. The van der Waals surface area contributed by atoms with Gasteiger partial charge in [0.1, 0.15) is 0 Å². The molecule has 0 aliphatic carbocycles. The van der Waals surface area contributed by atoms with Crippen LogP contribution in [0.4, 0.5) is 5.69 Å². The van der Waals surface area contributed by atoms with Crippen LogP contribution in [0.1, 0.15) is 23.6 Å². The molecule has 0 unspecified atom stereocenters. The van der Waals surface area contributed by atoms with E-state index in [0.717, 1.165) is 22.4 Å². The van der Waals surface area contributed by atoms with Crippen LogP contribution in [0.5, 0.6) is 11.5 Å². The van der Waals surface area contributed by atoms with Gasteiger partial charge in [0.15, 0.2) is 15.8 Å². The molecule has 1 aliphatic rings. The van der Waals surface area contributed by atoms with Crippen molar-refractivity contribution in [2.24, 2.45) is 0 Å². The summed E-state index contributed by atoms with van der Waals surface area (Å²) in [5.41, 5.74) is 3.65. The lowest BCUT2D eigenvalue weighted by Crippen LogP contribution is -2.28. The van der Waals surface area contributed by atoms with Gasteiger partial charge in [0, 0.05) is 6.92 Å². The maximum absolute atomic E-state index is 13.0. The second-order valence-corrected chi connectivity index (χ2v) is 7.99. The fourth-order valence-electron chi connectivity index (χ4n) is 2.90. The van der Waals surface area contributed by atoms with Crippen molar-refractivity contribution in [3.8, 4) is 11.5 Å². The molecule has 2 aromatic carbocycles. The van der Waals surface area contributed by atoms with Crippen molar-refractivity contribution in [3.63, 3.8) is 0 Å². The van der Waals surface area contributed by atoms with Crippen molar-refractivity contribution in [1.82, 2.24) is 0 Å². The number of thioether (sulfide) groups is 1. The van der Waals surface area contributed by atoms with E-state index < -0.39 is 5.97 Å². The molecular formula is C21H19NO4S2. The van der Waals surface area contributed by atoms with E-state index in [4.69, 9.17) is 21.7 Å². The molecule has 0 radical (unpaired) electrons. The van der Waals surface area contributed by atoms with Gasteiger partial charge >= 0.3 is 5.97 Å². The SMILES string of the molecule is COc1cc(/C=C2/SC(=S)N(c3ccc(C)cc3C)C2=O)ccc1OC(C)=O. The number of esters is 1. The molecule has 5 nitrogen and oxygen atoms in total. The number of anilines is 1. The van der Waals surface area contributed by atoms with E-state index in [9.17, 15) is 9.59 Å². The first-order valence-electron chi connectivity index (χ1n) is 8.52. The Hall–Kier alpha value is -2.64. The van der Waals surface area contributed by atoms with Crippen LogP contribution >= 0.6 is 24.0 Å². The summed E-state index contributed by atoms with van der Waals surface area (Å²) < 4.78 is 10.9. The number of carbonyl (C=O) groups excluding carboxylic acids is 2. The Balaban J connectivity index is 1.92. The predicted octanol–water partition coefficient (Wildman–Crippen LogP) is 4.64. The molecule has 7 heteroatoms.